The summed E-state index contributed by atoms with van der Waals surface area (Å²) in [4.78, 5) is 20.1. The van der Waals surface area contributed by atoms with Crippen molar-refractivity contribution in [1.82, 2.24) is 25.5 Å². The molecule has 1 amide bonds. The molecule has 0 atom stereocenters. The highest BCUT2D eigenvalue weighted by molar-refractivity contribution is 5.81. The molecule has 0 saturated carbocycles. The van der Waals surface area contributed by atoms with Crippen LogP contribution >= 0.6 is 0 Å². The minimum Gasteiger partial charge on any atom is -0.355 e. The molecule has 0 aromatic carbocycles. The number of carbonyl (C=O) groups is 1. The molecule has 106 valence electrons. The molecule has 0 fully saturated rings. The first kappa shape index (κ1) is 14.2. The second kappa shape index (κ2) is 5.81. The highest BCUT2D eigenvalue weighted by Crippen LogP contribution is 2.13. The van der Waals surface area contributed by atoms with Gasteiger partial charge in [0.25, 0.3) is 0 Å². The molecule has 20 heavy (non-hydrogen) atoms. The van der Waals surface area contributed by atoms with Crippen molar-refractivity contribution in [2.45, 2.75) is 27.2 Å². The molecule has 0 bridgehead atoms. The molecule has 0 aliphatic heterocycles. The van der Waals surface area contributed by atoms with Crippen molar-refractivity contribution >= 4 is 5.91 Å². The first-order valence-electron chi connectivity index (χ1n) is 6.57. The summed E-state index contributed by atoms with van der Waals surface area (Å²) in [7, 11) is 0. The third-order valence-electron chi connectivity index (χ3n) is 2.78. The first-order valence-corrected chi connectivity index (χ1v) is 6.57. The van der Waals surface area contributed by atoms with Crippen molar-refractivity contribution in [1.29, 1.82) is 0 Å². The third-order valence-corrected chi connectivity index (χ3v) is 2.78. The first-order chi connectivity index (χ1) is 9.47. The Morgan fingerprint density at radius 2 is 2.20 bits per heavy atom. The van der Waals surface area contributed by atoms with E-state index < -0.39 is 0 Å². The van der Waals surface area contributed by atoms with E-state index >= 15 is 0 Å². The molecule has 2 rings (SSSR count). The Morgan fingerprint density at radius 1 is 1.40 bits per heavy atom. The van der Waals surface area contributed by atoms with Gasteiger partial charge in [-0.2, -0.15) is 5.10 Å². The molecule has 0 aliphatic rings. The normalized spacial score (nSPS) is 11.3. The second-order valence-electron chi connectivity index (χ2n) is 5.60. The molecule has 0 spiro atoms. The zero-order valence-corrected chi connectivity index (χ0v) is 12.0. The van der Waals surface area contributed by atoms with Crippen LogP contribution < -0.4 is 5.32 Å². The van der Waals surface area contributed by atoms with Gasteiger partial charge in [0.2, 0.25) is 5.91 Å². The monoisotopic (exact) mass is 273 g/mol. The van der Waals surface area contributed by atoms with Gasteiger partial charge in [0.05, 0.1) is 0 Å². The Morgan fingerprint density at radius 3 is 2.85 bits per heavy atom. The Bertz CT molecular complexity index is 571. The van der Waals surface area contributed by atoms with Gasteiger partial charge < -0.3 is 5.32 Å². The van der Waals surface area contributed by atoms with Crippen LogP contribution in [0.1, 0.15) is 26.6 Å². The summed E-state index contributed by atoms with van der Waals surface area (Å²) in [6, 6.07) is 3.75. The van der Waals surface area contributed by atoms with Crippen molar-refractivity contribution < 1.29 is 4.79 Å². The van der Waals surface area contributed by atoms with Crippen LogP contribution in [-0.4, -0.2) is 32.6 Å². The molecule has 0 aliphatic carbocycles. The minimum absolute atomic E-state index is 0.0319. The van der Waals surface area contributed by atoms with E-state index in [0.717, 1.165) is 11.4 Å². The third kappa shape index (κ3) is 3.63. The predicted molar refractivity (Wildman–Crippen MR) is 75.8 cm³/mol. The lowest BCUT2D eigenvalue weighted by Gasteiger charge is -2.17. The van der Waals surface area contributed by atoms with Crippen LogP contribution in [0.3, 0.4) is 0 Å². The van der Waals surface area contributed by atoms with Crippen molar-refractivity contribution in [3.63, 3.8) is 0 Å². The molecule has 6 nitrogen and oxygen atoms in total. The number of pyridine rings is 1. The highest BCUT2D eigenvalue weighted by Gasteiger charge is 2.20. The average molecular weight is 273 g/mol. The van der Waals surface area contributed by atoms with Crippen LogP contribution in [0.25, 0.3) is 11.4 Å². The molecular formula is C14H19N5O. The Labute approximate surface area is 118 Å². The molecule has 2 heterocycles. The number of rotatable bonds is 4. The fourth-order valence-electron chi connectivity index (χ4n) is 1.59. The van der Waals surface area contributed by atoms with Crippen molar-refractivity contribution in [3.8, 4) is 11.4 Å². The summed E-state index contributed by atoms with van der Waals surface area (Å²) in [5.74, 6) is 1.40. The molecule has 2 N–H and O–H groups in total. The van der Waals surface area contributed by atoms with Gasteiger partial charge in [-0.3, -0.25) is 14.9 Å². The number of nitrogens with zero attached hydrogens (tertiary/aromatic N) is 3. The van der Waals surface area contributed by atoms with Crippen molar-refractivity contribution in [3.05, 3.63) is 30.4 Å². The number of amides is 1. The molecule has 2 aromatic heterocycles. The summed E-state index contributed by atoms with van der Waals surface area (Å²) < 4.78 is 0. The Hall–Kier alpha value is -2.24. The highest BCUT2D eigenvalue weighted by atomic mass is 16.2. The number of hydrogen-bond donors (Lipinski definition) is 2. The fraction of sp³-hybridized carbons (Fsp3) is 0.429. The molecular weight excluding hydrogens is 254 g/mol. The number of hydrogen-bond acceptors (Lipinski definition) is 4. The van der Waals surface area contributed by atoms with E-state index in [1.807, 2.05) is 32.9 Å². The van der Waals surface area contributed by atoms with Gasteiger partial charge >= 0.3 is 0 Å². The topological polar surface area (TPSA) is 83.6 Å². The van der Waals surface area contributed by atoms with E-state index in [1.165, 1.54) is 0 Å². The van der Waals surface area contributed by atoms with E-state index in [9.17, 15) is 4.79 Å². The number of H-pyrrole nitrogens is 1. The van der Waals surface area contributed by atoms with Gasteiger partial charge in [0.1, 0.15) is 5.82 Å². The largest absolute Gasteiger partial charge is 0.355 e. The lowest BCUT2D eigenvalue weighted by molar-refractivity contribution is -0.128. The van der Waals surface area contributed by atoms with Gasteiger partial charge in [0, 0.05) is 36.3 Å². The summed E-state index contributed by atoms with van der Waals surface area (Å²) in [5, 5.41) is 9.90. The van der Waals surface area contributed by atoms with Crippen LogP contribution in [0, 0.1) is 5.41 Å². The smallest absolute Gasteiger partial charge is 0.225 e. The molecule has 2 aromatic rings. The van der Waals surface area contributed by atoms with Crippen LogP contribution in [0.4, 0.5) is 0 Å². The van der Waals surface area contributed by atoms with E-state index in [0.29, 0.717) is 18.8 Å². The van der Waals surface area contributed by atoms with Crippen LogP contribution in [0.5, 0.6) is 0 Å². The number of nitrogens with one attached hydrogen (secondary N) is 2. The van der Waals surface area contributed by atoms with Crippen LogP contribution in [0.15, 0.2) is 24.5 Å². The van der Waals surface area contributed by atoms with E-state index in [1.54, 1.807) is 12.4 Å². The SMILES string of the molecule is CC(C)(C)C(=O)NCCc1nc(-c2cccnc2)n[nH]1. The van der Waals surface area contributed by atoms with E-state index in [2.05, 4.69) is 25.5 Å². The molecule has 0 radical (unpaired) electrons. The number of aromatic amines is 1. The van der Waals surface area contributed by atoms with Crippen LogP contribution in [-0.2, 0) is 11.2 Å². The Kier molecular flexibility index (Phi) is 4.12. The molecule has 0 unspecified atom stereocenters. The summed E-state index contributed by atoms with van der Waals surface area (Å²) in [5.41, 5.74) is 0.496. The zero-order chi connectivity index (χ0) is 14.6. The summed E-state index contributed by atoms with van der Waals surface area (Å²) >= 11 is 0. The van der Waals surface area contributed by atoms with Gasteiger partial charge in [-0.1, -0.05) is 20.8 Å². The maximum absolute atomic E-state index is 11.7. The quantitative estimate of drug-likeness (QED) is 0.885. The molecule has 6 heteroatoms. The van der Waals surface area contributed by atoms with E-state index in [-0.39, 0.29) is 11.3 Å². The summed E-state index contributed by atoms with van der Waals surface area (Å²) in [6.45, 7) is 6.20. The lowest BCUT2D eigenvalue weighted by atomic mass is 9.96. The van der Waals surface area contributed by atoms with Gasteiger partial charge in [-0.05, 0) is 12.1 Å². The maximum atomic E-state index is 11.7. The standard InChI is InChI=1S/C14H19N5O/c1-14(2,3)13(20)16-8-6-11-17-12(19-18-11)10-5-4-7-15-9-10/h4-5,7,9H,6,8H2,1-3H3,(H,16,20)(H,17,18,19). The average Bonchev–Trinajstić information content (AvgIpc) is 2.87. The van der Waals surface area contributed by atoms with Crippen molar-refractivity contribution in [2.24, 2.45) is 5.41 Å². The van der Waals surface area contributed by atoms with Gasteiger partial charge in [-0.25, -0.2) is 4.98 Å². The molecule has 0 saturated heterocycles. The summed E-state index contributed by atoms with van der Waals surface area (Å²) in [6.07, 6.45) is 4.04. The predicted octanol–water partition coefficient (Wildman–Crippen LogP) is 1.57. The minimum atomic E-state index is -0.373. The lowest BCUT2D eigenvalue weighted by Crippen LogP contribution is -2.36. The van der Waals surface area contributed by atoms with Crippen molar-refractivity contribution in [2.75, 3.05) is 6.54 Å². The van der Waals surface area contributed by atoms with Gasteiger partial charge in [0.15, 0.2) is 5.82 Å². The zero-order valence-electron chi connectivity index (χ0n) is 12.0. The number of aromatic nitrogens is 4. The Balaban J connectivity index is 1.90. The van der Waals surface area contributed by atoms with Gasteiger partial charge in [-0.15, -0.1) is 0 Å². The number of carbonyl (C=O) groups excluding carboxylic acids is 1. The van der Waals surface area contributed by atoms with Crippen LogP contribution in [0.2, 0.25) is 0 Å². The maximum Gasteiger partial charge on any atom is 0.225 e. The second-order valence-corrected chi connectivity index (χ2v) is 5.60. The fourth-order valence-corrected chi connectivity index (χ4v) is 1.59. The van der Waals surface area contributed by atoms with E-state index in [4.69, 9.17) is 0 Å².